The van der Waals surface area contributed by atoms with E-state index in [0.717, 1.165) is 18.2 Å². The smallest absolute Gasteiger partial charge is 0.262 e. The monoisotopic (exact) mass is 669 g/mol. The highest BCUT2D eigenvalue weighted by atomic mass is 35.5. The topological polar surface area (TPSA) is 129 Å². The van der Waals surface area contributed by atoms with Gasteiger partial charge in [0.05, 0.1) is 34.6 Å². The second kappa shape index (κ2) is 15.1. The molecule has 0 aliphatic carbocycles. The molecule has 3 aromatic carbocycles. The summed E-state index contributed by atoms with van der Waals surface area (Å²) in [6.45, 7) is 3.39. The van der Waals surface area contributed by atoms with Crippen LogP contribution < -0.4 is 25.4 Å². The van der Waals surface area contributed by atoms with Crippen LogP contribution >= 0.6 is 23.5 Å². The summed E-state index contributed by atoms with van der Waals surface area (Å²) in [5.41, 5.74) is 7.94. The summed E-state index contributed by atoms with van der Waals surface area (Å²) in [7, 11) is 2.96. The molecule has 0 radical (unpaired) electrons. The molecule has 1 amide bonds. The van der Waals surface area contributed by atoms with Gasteiger partial charge in [-0.3, -0.25) is 10.2 Å². The Hall–Kier alpha value is -4.59. The largest absolute Gasteiger partial charge is 0.480 e. The van der Waals surface area contributed by atoms with Gasteiger partial charge in [-0.1, -0.05) is 41.7 Å². The first-order chi connectivity index (χ1) is 22.0. The Morgan fingerprint density at radius 2 is 1.85 bits per heavy atom. The summed E-state index contributed by atoms with van der Waals surface area (Å²) in [5.74, 6) is -2.86. The fourth-order valence-corrected chi connectivity index (χ4v) is 5.56. The van der Waals surface area contributed by atoms with E-state index in [4.69, 9.17) is 27.5 Å². The lowest BCUT2D eigenvalue weighted by Crippen LogP contribution is -2.43. The lowest BCUT2D eigenvalue weighted by molar-refractivity contribution is 0.0985. The van der Waals surface area contributed by atoms with E-state index in [-0.39, 0.29) is 69.0 Å². The third-order valence-corrected chi connectivity index (χ3v) is 7.64. The van der Waals surface area contributed by atoms with Gasteiger partial charge in [-0.25, -0.2) is 18.2 Å². The Morgan fingerprint density at radius 3 is 2.46 bits per heavy atom. The molecule has 0 saturated carbocycles. The van der Waals surface area contributed by atoms with Crippen molar-refractivity contribution in [2.45, 2.75) is 12.5 Å². The number of ether oxygens (including phenoxy) is 1. The first kappa shape index (κ1) is 34.3. The number of nitrogens with one attached hydrogen (secondary N) is 3. The fourth-order valence-electron chi connectivity index (χ4n) is 5.00. The Morgan fingerprint density at radius 1 is 1.15 bits per heavy atom. The van der Waals surface area contributed by atoms with Crippen LogP contribution in [-0.4, -0.2) is 56.4 Å². The number of rotatable bonds is 12. The van der Waals surface area contributed by atoms with Crippen LogP contribution in [0.4, 0.5) is 30.4 Å². The summed E-state index contributed by atoms with van der Waals surface area (Å²) in [4.78, 5) is 24.2. The molecule has 1 unspecified atom stereocenters. The van der Waals surface area contributed by atoms with Gasteiger partial charge in [0.25, 0.3) is 5.91 Å². The van der Waals surface area contributed by atoms with E-state index in [2.05, 4.69) is 26.7 Å². The van der Waals surface area contributed by atoms with E-state index in [1.54, 1.807) is 25.4 Å². The summed E-state index contributed by atoms with van der Waals surface area (Å²) >= 11 is 7.71. The normalized spacial score (nSPS) is 11.5. The third-order valence-electron chi connectivity index (χ3n) is 6.91. The number of carbonyl (C=O) groups is 1. The zero-order valence-corrected chi connectivity index (χ0v) is 26.7. The van der Waals surface area contributed by atoms with Gasteiger partial charge in [0, 0.05) is 43.1 Å². The number of hydrogen-bond acceptors (Lipinski definition) is 8. The summed E-state index contributed by atoms with van der Waals surface area (Å²) in [6.07, 6.45) is 1.74. The van der Waals surface area contributed by atoms with Gasteiger partial charge in [0.15, 0.2) is 5.82 Å². The Labute approximate surface area is 273 Å². The number of nitrogens with two attached hydrogens (primary N) is 1. The Balaban J connectivity index is 1.91. The summed E-state index contributed by atoms with van der Waals surface area (Å²) in [5, 5.41) is 11.8. The number of amidine groups is 1. The molecule has 1 heterocycles. The van der Waals surface area contributed by atoms with Crippen LogP contribution in [0.1, 0.15) is 21.5 Å². The molecule has 1 aromatic heterocycles. The number of hydrogen-bond donors (Lipinski definition) is 4. The molecular weight excluding hydrogens is 639 g/mol. The van der Waals surface area contributed by atoms with E-state index in [1.165, 1.54) is 54.3 Å². The predicted octanol–water partition coefficient (Wildman–Crippen LogP) is 6.61. The molecule has 0 fully saturated rings. The van der Waals surface area contributed by atoms with Crippen molar-refractivity contribution in [3.05, 3.63) is 99.8 Å². The zero-order valence-electron chi connectivity index (χ0n) is 25.1. The second-order valence-electron chi connectivity index (χ2n) is 9.96. The number of halogens is 4. The molecular formula is C32H31ClF3N7O2S. The number of aliphatic imine (C=N–C) groups is 1. The zero-order chi connectivity index (χ0) is 33.5. The number of carbonyl (C=O) groups excluding carboxylic acids is 1. The Bertz CT molecular complexity index is 1770. The minimum absolute atomic E-state index is 0.00550. The van der Waals surface area contributed by atoms with Crippen molar-refractivity contribution in [1.29, 1.82) is 5.41 Å². The average Bonchev–Trinajstić information content (AvgIpc) is 3.02. The Kier molecular flexibility index (Phi) is 11.3. The number of amides is 1. The maximum Gasteiger partial charge on any atom is 0.262 e. The highest BCUT2D eigenvalue weighted by Gasteiger charge is 2.29. The van der Waals surface area contributed by atoms with Gasteiger partial charge in [-0.15, -0.1) is 0 Å². The molecule has 0 aliphatic heterocycles. The van der Waals surface area contributed by atoms with Crippen molar-refractivity contribution in [2.24, 2.45) is 10.7 Å². The van der Waals surface area contributed by atoms with Crippen molar-refractivity contribution in [1.82, 2.24) is 9.71 Å². The predicted molar refractivity (Wildman–Crippen MR) is 180 cm³/mol. The lowest BCUT2D eigenvalue weighted by atomic mass is 10.0. The molecule has 1 atom stereocenters. The number of methoxy groups -OCH3 is 1. The van der Waals surface area contributed by atoms with Crippen molar-refractivity contribution in [2.75, 3.05) is 37.2 Å². The van der Waals surface area contributed by atoms with Crippen LogP contribution in [0.15, 0.2) is 65.7 Å². The molecule has 46 heavy (non-hydrogen) atoms. The second-order valence-corrected chi connectivity index (χ2v) is 11.0. The van der Waals surface area contributed by atoms with Gasteiger partial charge in [0.1, 0.15) is 23.3 Å². The summed E-state index contributed by atoms with van der Waals surface area (Å²) < 4.78 is 51.2. The highest BCUT2D eigenvalue weighted by molar-refractivity contribution is 7.97. The van der Waals surface area contributed by atoms with E-state index in [0.29, 0.717) is 5.69 Å². The van der Waals surface area contributed by atoms with Crippen LogP contribution in [0.2, 0.25) is 5.02 Å². The van der Waals surface area contributed by atoms with Crippen molar-refractivity contribution in [3.8, 4) is 17.0 Å². The van der Waals surface area contributed by atoms with E-state index >= 15 is 0 Å². The fraction of sp³-hybridized carbons (Fsp3) is 0.188. The standard InChI is InChI=1S/C32H31ClF3N7O2S/c1-39-28-26(10-9-24(33)27(28)29(38)42-46-4)43(16-20(37)13-17-11-18(34)14-19(35)12-17)32(44)23-15-22(21-7-5-6-8-25(21)36)31(45-3)41-30(23)40-2/h5-12,14-15,20,39H,2,13,16,37H2,1,3-4H3,(H2,38,42). The van der Waals surface area contributed by atoms with Crippen LogP contribution in [-0.2, 0) is 6.42 Å². The minimum atomic E-state index is -0.838. The van der Waals surface area contributed by atoms with Crippen LogP contribution in [0.25, 0.3) is 11.1 Å². The molecule has 0 bridgehead atoms. The van der Waals surface area contributed by atoms with Crippen molar-refractivity contribution in [3.63, 3.8) is 0 Å². The molecule has 14 heteroatoms. The number of nitrogens with zero attached hydrogens (tertiary/aromatic N) is 3. The molecule has 4 rings (SSSR count). The maximum atomic E-state index is 15.0. The number of benzene rings is 3. The van der Waals surface area contributed by atoms with Gasteiger partial charge in [-0.2, -0.15) is 4.98 Å². The maximum absolute atomic E-state index is 15.0. The summed E-state index contributed by atoms with van der Waals surface area (Å²) in [6, 6.07) is 12.7. The molecule has 0 aliphatic rings. The molecule has 9 nitrogen and oxygen atoms in total. The molecule has 240 valence electrons. The van der Waals surface area contributed by atoms with Crippen LogP contribution in [0, 0.1) is 22.9 Å². The van der Waals surface area contributed by atoms with Gasteiger partial charge >= 0.3 is 0 Å². The van der Waals surface area contributed by atoms with Gasteiger partial charge in [-0.05, 0) is 55.1 Å². The highest BCUT2D eigenvalue weighted by Crippen LogP contribution is 2.39. The molecule has 0 spiro atoms. The van der Waals surface area contributed by atoms with Crippen molar-refractivity contribution < 1.29 is 22.7 Å². The van der Waals surface area contributed by atoms with Crippen molar-refractivity contribution >= 4 is 59.2 Å². The number of aromatic nitrogens is 1. The molecule has 4 aromatic rings. The first-order valence-corrected chi connectivity index (χ1v) is 15.3. The van der Waals surface area contributed by atoms with Crippen LogP contribution in [0.3, 0.4) is 0 Å². The SMILES string of the molecule is C=Nc1nc(OC)c(-c2ccccc2F)cc1C(=O)N(CC(N)Cc1cc(F)cc(F)c1)c1ccc(Cl)c(C(=N)NSC)c1NC. The van der Waals surface area contributed by atoms with E-state index in [1.807, 2.05) is 0 Å². The van der Waals surface area contributed by atoms with Gasteiger partial charge < -0.3 is 25.4 Å². The molecule has 5 N–H and O–H groups in total. The number of anilines is 2. The quantitative estimate of drug-likeness (QED) is 0.0759. The minimum Gasteiger partial charge on any atom is -0.480 e. The van der Waals surface area contributed by atoms with E-state index < -0.39 is 29.4 Å². The number of pyridine rings is 1. The third kappa shape index (κ3) is 7.44. The van der Waals surface area contributed by atoms with Gasteiger partial charge in [0.2, 0.25) is 5.88 Å². The lowest BCUT2D eigenvalue weighted by Gasteiger charge is -2.30. The molecule has 0 saturated heterocycles. The van der Waals surface area contributed by atoms with Crippen LogP contribution in [0.5, 0.6) is 5.88 Å². The average molecular weight is 670 g/mol. The first-order valence-electron chi connectivity index (χ1n) is 13.7. The van der Waals surface area contributed by atoms with E-state index in [9.17, 15) is 18.0 Å².